The topological polar surface area (TPSA) is 84.0 Å². The summed E-state index contributed by atoms with van der Waals surface area (Å²) < 4.78 is 33.2. The summed E-state index contributed by atoms with van der Waals surface area (Å²) in [6.45, 7) is 9.37. The average Bonchev–Trinajstić information content (AvgIpc) is 3.15. The lowest BCUT2D eigenvalue weighted by Crippen LogP contribution is -2.50. The minimum Gasteiger partial charge on any atom is -0.466 e. The van der Waals surface area contributed by atoms with Crippen LogP contribution < -0.4 is 0 Å². The van der Waals surface area contributed by atoms with E-state index in [-0.39, 0.29) is 39.9 Å². The van der Waals surface area contributed by atoms with E-state index in [4.69, 9.17) is 4.74 Å². The minimum atomic E-state index is -3.84. The van der Waals surface area contributed by atoms with Crippen LogP contribution in [0.15, 0.2) is 29.2 Å². The summed E-state index contributed by atoms with van der Waals surface area (Å²) >= 11 is 4.49. The maximum absolute atomic E-state index is 13.4. The highest BCUT2D eigenvalue weighted by molar-refractivity contribution is 7.89. The monoisotopic (exact) mass is 482 g/mol. The number of esters is 1. The van der Waals surface area contributed by atoms with E-state index in [9.17, 15) is 18.0 Å². The molecule has 0 N–H and O–H groups in total. The van der Waals surface area contributed by atoms with Gasteiger partial charge in [-0.05, 0) is 49.3 Å². The number of likely N-dealkylation sites (tertiary alicyclic amines) is 1. The standard InChI is InChI=1S/C23H34N2O5S2/c1-5-30-22(27)16-10-12-24(13-11-16)21(26)20-14-18(31)15-25(20)32(28,29)19-8-6-17(7-9-19)23(2,3)4/h6-9,16,18,20,31H,5,10-15H2,1-4H3. The molecule has 1 aromatic rings. The molecular weight excluding hydrogens is 448 g/mol. The molecule has 178 valence electrons. The molecule has 32 heavy (non-hydrogen) atoms. The van der Waals surface area contributed by atoms with Crippen molar-refractivity contribution in [2.45, 2.75) is 68.6 Å². The van der Waals surface area contributed by atoms with Crippen LogP contribution in [0.2, 0.25) is 0 Å². The van der Waals surface area contributed by atoms with Gasteiger partial charge in [-0.1, -0.05) is 32.9 Å². The zero-order valence-corrected chi connectivity index (χ0v) is 21.0. The molecule has 0 aliphatic carbocycles. The van der Waals surface area contributed by atoms with Crippen molar-refractivity contribution in [2.75, 3.05) is 26.2 Å². The summed E-state index contributed by atoms with van der Waals surface area (Å²) in [5.41, 5.74) is 0.961. The highest BCUT2D eigenvalue weighted by Crippen LogP contribution is 2.32. The molecule has 2 unspecified atom stereocenters. The molecule has 2 atom stereocenters. The summed E-state index contributed by atoms with van der Waals surface area (Å²) in [6, 6.07) is 6.13. The van der Waals surface area contributed by atoms with Gasteiger partial charge in [-0.25, -0.2) is 8.42 Å². The van der Waals surface area contributed by atoms with E-state index in [1.807, 2.05) is 12.1 Å². The van der Waals surface area contributed by atoms with Gasteiger partial charge in [-0.15, -0.1) is 0 Å². The van der Waals surface area contributed by atoms with Crippen LogP contribution in [0.1, 0.15) is 52.5 Å². The predicted octanol–water partition coefficient (Wildman–Crippen LogP) is 2.85. The van der Waals surface area contributed by atoms with Crippen LogP contribution in [0.4, 0.5) is 0 Å². The third-order valence-corrected chi connectivity index (χ3v) is 8.54. The number of hydrogen-bond acceptors (Lipinski definition) is 6. The lowest BCUT2D eigenvalue weighted by atomic mass is 9.87. The Labute approximate surface area is 196 Å². The van der Waals surface area contributed by atoms with Crippen molar-refractivity contribution in [3.05, 3.63) is 29.8 Å². The first kappa shape index (κ1) is 25.1. The number of rotatable bonds is 5. The predicted molar refractivity (Wildman–Crippen MR) is 126 cm³/mol. The van der Waals surface area contributed by atoms with Gasteiger partial charge >= 0.3 is 5.97 Å². The van der Waals surface area contributed by atoms with Gasteiger partial charge in [0, 0.05) is 24.9 Å². The molecular formula is C23H34N2O5S2. The van der Waals surface area contributed by atoms with Crippen molar-refractivity contribution in [3.8, 4) is 0 Å². The minimum absolute atomic E-state index is 0.0830. The Bertz CT molecular complexity index is 932. The molecule has 9 heteroatoms. The number of ether oxygens (including phenoxy) is 1. The second-order valence-corrected chi connectivity index (χ2v) is 12.2. The lowest BCUT2D eigenvalue weighted by molar-refractivity contribution is -0.151. The third-order valence-electron chi connectivity index (χ3n) is 6.27. The second-order valence-electron chi connectivity index (χ2n) is 9.61. The molecule has 2 saturated heterocycles. The molecule has 0 bridgehead atoms. The van der Waals surface area contributed by atoms with E-state index >= 15 is 0 Å². The molecule has 3 rings (SSSR count). The number of carbonyl (C=O) groups excluding carboxylic acids is 2. The van der Waals surface area contributed by atoms with Crippen LogP contribution >= 0.6 is 12.6 Å². The fourth-order valence-corrected chi connectivity index (χ4v) is 6.47. The number of carbonyl (C=O) groups is 2. The number of hydrogen-bond donors (Lipinski definition) is 1. The van der Waals surface area contributed by atoms with Crippen LogP contribution in [-0.2, 0) is 29.8 Å². The average molecular weight is 483 g/mol. The Hall–Kier alpha value is -1.58. The lowest BCUT2D eigenvalue weighted by Gasteiger charge is -2.34. The number of amides is 1. The second kappa shape index (κ2) is 9.73. The molecule has 2 heterocycles. The first-order chi connectivity index (χ1) is 14.9. The van der Waals surface area contributed by atoms with Crippen molar-refractivity contribution in [1.29, 1.82) is 0 Å². The number of nitrogens with zero attached hydrogens (tertiary/aromatic N) is 2. The number of benzene rings is 1. The van der Waals surface area contributed by atoms with Crippen molar-refractivity contribution in [1.82, 2.24) is 9.21 Å². The summed E-state index contributed by atoms with van der Waals surface area (Å²) in [5.74, 6) is -0.640. The Morgan fingerprint density at radius 1 is 1.12 bits per heavy atom. The van der Waals surface area contributed by atoms with E-state index < -0.39 is 16.1 Å². The zero-order valence-electron chi connectivity index (χ0n) is 19.3. The van der Waals surface area contributed by atoms with Crippen LogP contribution in [0.25, 0.3) is 0 Å². The van der Waals surface area contributed by atoms with Gasteiger partial charge in [-0.3, -0.25) is 9.59 Å². The van der Waals surface area contributed by atoms with E-state index in [2.05, 4.69) is 33.4 Å². The normalized spacial score (nSPS) is 23.3. The maximum atomic E-state index is 13.4. The van der Waals surface area contributed by atoms with Crippen molar-refractivity contribution < 1.29 is 22.7 Å². The van der Waals surface area contributed by atoms with Gasteiger partial charge in [0.05, 0.1) is 17.4 Å². The van der Waals surface area contributed by atoms with E-state index in [1.54, 1.807) is 24.0 Å². The summed E-state index contributed by atoms with van der Waals surface area (Å²) in [4.78, 5) is 27.1. The third kappa shape index (κ3) is 5.31. The molecule has 0 saturated carbocycles. The zero-order chi connectivity index (χ0) is 23.7. The molecule has 2 fully saturated rings. The van der Waals surface area contributed by atoms with Gasteiger partial charge in [-0.2, -0.15) is 16.9 Å². The largest absolute Gasteiger partial charge is 0.466 e. The van der Waals surface area contributed by atoms with Gasteiger partial charge in [0.25, 0.3) is 0 Å². The Balaban J connectivity index is 1.74. The van der Waals surface area contributed by atoms with Gasteiger partial charge in [0.2, 0.25) is 15.9 Å². The maximum Gasteiger partial charge on any atom is 0.309 e. The molecule has 0 radical (unpaired) electrons. The number of sulfonamides is 1. The Morgan fingerprint density at radius 2 is 1.72 bits per heavy atom. The summed E-state index contributed by atoms with van der Waals surface area (Å²) in [6.07, 6.45) is 1.43. The number of piperidine rings is 1. The first-order valence-electron chi connectivity index (χ1n) is 11.2. The first-order valence-corrected chi connectivity index (χ1v) is 13.2. The molecule has 7 nitrogen and oxygen atoms in total. The molecule has 2 aliphatic rings. The SMILES string of the molecule is CCOC(=O)C1CCN(C(=O)C2CC(S)CN2S(=O)(=O)c2ccc(C(C)(C)C)cc2)CC1. The van der Waals surface area contributed by atoms with Crippen LogP contribution in [-0.4, -0.2) is 67.0 Å². The quantitative estimate of drug-likeness (QED) is 0.515. The summed E-state index contributed by atoms with van der Waals surface area (Å²) in [5, 5.41) is -0.204. The smallest absolute Gasteiger partial charge is 0.309 e. The molecule has 0 aromatic heterocycles. The highest BCUT2D eigenvalue weighted by atomic mass is 32.2. The van der Waals surface area contributed by atoms with E-state index in [1.165, 1.54) is 4.31 Å². The molecule has 0 spiro atoms. The van der Waals surface area contributed by atoms with Gasteiger partial charge < -0.3 is 9.64 Å². The van der Waals surface area contributed by atoms with E-state index in [0.717, 1.165) is 5.56 Å². The summed E-state index contributed by atoms with van der Waals surface area (Å²) in [7, 11) is -3.84. The van der Waals surface area contributed by atoms with E-state index in [0.29, 0.717) is 39.0 Å². The number of thiol groups is 1. The van der Waals surface area contributed by atoms with Gasteiger partial charge in [0.1, 0.15) is 6.04 Å². The van der Waals surface area contributed by atoms with Crippen molar-refractivity contribution >= 4 is 34.5 Å². The van der Waals surface area contributed by atoms with Gasteiger partial charge in [0.15, 0.2) is 0 Å². The van der Waals surface area contributed by atoms with Crippen molar-refractivity contribution in [3.63, 3.8) is 0 Å². The van der Waals surface area contributed by atoms with Crippen molar-refractivity contribution in [2.24, 2.45) is 5.92 Å². The van der Waals surface area contributed by atoms with Crippen LogP contribution in [0.5, 0.6) is 0 Å². The fourth-order valence-electron chi connectivity index (χ4n) is 4.34. The highest BCUT2D eigenvalue weighted by Gasteiger charge is 2.45. The Morgan fingerprint density at radius 3 is 2.25 bits per heavy atom. The van der Waals surface area contributed by atoms with Crippen LogP contribution in [0, 0.1) is 5.92 Å². The molecule has 1 aromatic carbocycles. The molecule has 2 aliphatic heterocycles. The Kier molecular flexibility index (Phi) is 7.62. The van der Waals surface area contributed by atoms with Crippen LogP contribution in [0.3, 0.4) is 0 Å². The molecule has 1 amide bonds. The fraction of sp³-hybridized carbons (Fsp3) is 0.652.